The smallest absolute Gasteiger partial charge is 0.306 e. The average molecular weight is 454 g/mol. The number of quaternary nitrogens is 1. The van der Waals surface area contributed by atoms with Crippen LogP contribution in [0.4, 0.5) is 0 Å². The van der Waals surface area contributed by atoms with Crippen LogP contribution in [0.25, 0.3) is 0 Å². The highest BCUT2D eigenvalue weighted by atomic mass is 31.2. The molecule has 0 aromatic heterocycles. The van der Waals surface area contributed by atoms with Crippen molar-refractivity contribution in [3.63, 3.8) is 0 Å². The zero-order valence-electron chi connectivity index (χ0n) is 19.5. The van der Waals surface area contributed by atoms with E-state index in [1.807, 2.05) is 21.1 Å². The van der Waals surface area contributed by atoms with Gasteiger partial charge < -0.3 is 28.3 Å². The van der Waals surface area contributed by atoms with E-state index < -0.39 is 33.1 Å². The fourth-order valence-corrected chi connectivity index (χ4v) is 3.49. The molecule has 0 aliphatic rings. The minimum Gasteiger partial charge on any atom is -0.756 e. The summed E-state index contributed by atoms with van der Waals surface area (Å²) < 4.78 is 26.9. The second-order valence-electron chi connectivity index (χ2n) is 8.82. The molecule has 0 saturated carbocycles. The van der Waals surface area contributed by atoms with Gasteiger partial charge in [0, 0.05) is 6.42 Å². The van der Waals surface area contributed by atoms with Crippen LogP contribution in [0, 0.1) is 0 Å². The summed E-state index contributed by atoms with van der Waals surface area (Å²) in [5.74, 6) is -0.455. The molecule has 0 heterocycles. The number of unbranched alkanes of at least 4 members (excludes halogenated alkanes) is 9. The van der Waals surface area contributed by atoms with Crippen molar-refractivity contribution >= 4 is 13.8 Å². The summed E-state index contributed by atoms with van der Waals surface area (Å²) in [6, 6.07) is 0. The van der Waals surface area contributed by atoms with Gasteiger partial charge in [-0.1, -0.05) is 64.7 Å². The van der Waals surface area contributed by atoms with Gasteiger partial charge >= 0.3 is 5.97 Å². The van der Waals surface area contributed by atoms with Gasteiger partial charge in [0.25, 0.3) is 7.82 Å². The number of hydrogen-bond donors (Lipinski definition) is 1. The highest BCUT2D eigenvalue weighted by Gasteiger charge is 2.19. The molecule has 0 aliphatic carbocycles. The van der Waals surface area contributed by atoms with Crippen LogP contribution in [0.5, 0.6) is 0 Å². The van der Waals surface area contributed by atoms with E-state index in [1.54, 1.807) is 0 Å². The van der Waals surface area contributed by atoms with Gasteiger partial charge in [0.05, 0.1) is 34.4 Å². The molecule has 0 radical (unpaired) electrons. The predicted molar refractivity (Wildman–Crippen MR) is 116 cm³/mol. The van der Waals surface area contributed by atoms with Crippen LogP contribution in [0.3, 0.4) is 0 Å². The summed E-state index contributed by atoms with van der Waals surface area (Å²) in [5, 5.41) is 9.31. The maximum Gasteiger partial charge on any atom is 0.306 e. The molecule has 0 aromatic carbocycles. The van der Waals surface area contributed by atoms with Crippen molar-refractivity contribution in [3.05, 3.63) is 0 Å². The van der Waals surface area contributed by atoms with Gasteiger partial charge in [0.2, 0.25) is 0 Å². The largest absolute Gasteiger partial charge is 0.756 e. The number of rotatable bonds is 20. The molecule has 180 valence electrons. The lowest BCUT2D eigenvalue weighted by Gasteiger charge is -2.28. The van der Waals surface area contributed by atoms with Gasteiger partial charge in [-0.2, -0.15) is 0 Å². The van der Waals surface area contributed by atoms with Crippen molar-refractivity contribution in [2.45, 2.75) is 83.7 Å². The quantitative estimate of drug-likeness (QED) is 0.130. The van der Waals surface area contributed by atoms with Crippen molar-refractivity contribution < 1.29 is 37.6 Å². The molecule has 0 aromatic rings. The first-order valence-electron chi connectivity index (χ1n) is 11.3. The second kappa shape index (κ2) is 17.1. The van der Waals surface area contributed by atoms with E-state index in [0.717, 1.165) is 19.3 Å². The first kappa shape index (κ1) is 29.5. The van der Waals surface area contributed by atoms with Crippen LogP contribution in [0.2, 0.25) is 0 Å². The minimum absolute atomic E-state index is 0.00734. The van der Waals surface area contributed by atoms with E-state index >= 15 is 0 Å². The summed E-state index contributed by atoms with van der Waals surface area (Å²) >= 11 is 0. The zero-order chi connectivity index (χ0) is 22.9. The molecule has 9 heteroatoms. The Hall–Kier alpha value is -0.500. The summed E-state index contributed by atoms with van der Waals surface area (Å²) in [6.45, 7) is 1.74. The van der Waals surface area contributed by atoms with Crippen molar-refractivity contribution in [3.8, 4) is 0 Å². The molecule has 0 rings (SSSR count). The first-order valence-corrected chi connectivity index (χ1v) is 12.8. The Labute approximate surface area is 183 Å². The number of carbonyl (C=O) groups excluding carboxylic acids is 1. The van der Waals surface area contributed by atoms with E-state index in [9.17, 15) is 19.4 Å². The Morgan fingerprint density at radius 3 is 2.00 bits per heavy atom. The Bertz CT molecular complexity index is 482. The average Bonchev–Trinajstić information content (AvgIpc) is 2.65. The predicted octanol–water partition coefficient (Wildman–Crippen LogP) is 3.41. The summed E-state index contributed by atoms with van der Waals surface area (Å²) in [6.07, 6.45) is 10.9. The van der Waals surface area contributed by atoms with Crippen LogP contribution in [-0.4, -0.2) is 69.2 Å². The van der Waals surface area contributed by atoms with Gasteiger partial charge in [-0.3, -0.25) is 9.36 Å². The zero-order valence-corrected chi connectivity index (χ0v) is 20.4. The second-order valence-corrected chi connectivity index (χ2v) is 10.2. The fraction of sp³-hybridized carbons (Fsp3) is 0.952. The van der Waals surface area contributed by atoms with Crippen LogP contribution >= 0.6 is 7.82 Å². The molecule has 1 unspecified atom stereocenters. The number of ether oxygens (including phenoxy) is 1. The maximum absolute atomic E-state index is 11.9. The summed E-state index contributed by atoms with van der Waals surface area (Å²) in [4.78, 5) is 23.6. The van der Waals surface area contributed by atoms with E-state index in [-0.39, 0.29) is 13.0 Å². The molecule has 1 N–H and O–H groups in total. The number of phosphoric ester groups is 1. The molecule has 30 heavy (non-hydrogen) atoms. The lowest BCUT2D eigenvalue weighted by Crippen LogP contribution is -2.37. The molecule has 8 nitrogen and oxygen atoms in total. The molecule has 0 aliphatic heterocycles. The number of likely N-dealkylation sites (N-methyl/N-ethyl adjacent to an activating group) is 1. The van der Waals surface area contributed by atoms with Gasteiger partial charge in [-0.15, -0.1) is 0 Å². The maximum atomic E-state index is 11.9. The van der Waals surface area contributed by atoms with Crippen molar-refractivity contribution in [2.24, 2.45) is 0 Å². The topological polar surface area (TPSA) is 105 Å². The number of aliphatic hydroxyl groups excluding tert-OH is 1. The van der Waals surface area contributed by atoms with E-state index in [2.05, 4.69) is 6.92 Å². The number of aliphatic hydroxyl groups is 1. The van der Waals surface area contributed by atoms with E-state index in [0.29, 0.717) is 11.0 Å². The molecular weight excluding hydrogens is 409 g/mol. The molecule has 0 amide bonds. The first-order chi connectivity index (χ1) is 14.1. The number of hydrogen-bond acceptors (Lipinski definition) is 7. The van der Waals surface area contributed by atoms with E-state index in [4.69, 9.17) is 13.8 Å². The Balaban J connectivity index is 3.85. The van der Waals surface area contributed by atoms with Crippen molar-refractivity contribution in [1.29, 1.82) is 0 Å². The SMILES string of the molecule is CCCCCCCCCCCCC(=O)O[C@@H](CO)COP(=O)([O-])OCC[N+](C)(C)C. The number of phosphoric acid groups is 1. The third-order valence-corrected chi connectivity index (χ3v) is 5.63. The Morgan fingerprint density at radius 1 is 0.967 bits per heavy atom. The Kier molecular flexibility index (Phi) is 16.8. The summed E-state index contributed by atoms with van der Waals surface area (Å²) in [7, 11) is 1.24. The third kappa shape index (κ3) is 19.5. The highest BCUT2D eigenvalue weighted by molar-refractivity contribution is 7.45. The molecule has 0 saturated heterocycles. The third-order valence-electron chi connectivity index (χ3n) is 4.67. The monoisotopic (exact) mass is 453 g/mol. The molecule has 2 atom stereocenters. The van der Waals surface area contributed by atoms with Crippen LogP contribution in [-0.2, 0) is 23.1 Å². The molecule has 0 spiro atoms. The molecule has 0 bridgehead atoms. The van der Waals surface area contributed by atoms with Gasteiger partial charge in [0.15, 0.2) is 0 Å². The van der Waals surface area contributed by atoms with Crippen molar-refractivity contribution in [2.75, 3.05) is 47.5 Å². The minimum atomic E-state index is -4.50. The van der Waals surface area contributed by atoms with E-state index in [1.165, 1.54) is 44.9 Å². The van der Waals surface area contributed by atoms with Gasteiger partial charge in [-0.05, 0) is 6.42 Å². The Morgan fingerprint density at radius 2 is 1.50 bits per heavy atom. The normalized spacial score (nSPS) is 15.0. The number of nitrogens with zero attached hydrogens (tertiary/aromatic N) is 1. The molecule has 0 fully saturated rings. The highest BCUT2D eigenvalue weighted by Crippen LogP contribution is 2.38. The van der Waals surface area contributed by atoms with Crippen molar-refractivity contribution in [1.82, 2.24) is 0 Å². The van der Waals surface area contributed by atoms with Crippen LogP contribution in [0.1, 0.15) is 77.6 Å². The standard InChI is InChI=1S/C21H44NO7P/c1-5-6-7-8-9-10-11-12-13-14-15-21(24)29-20(18-23)19-28-30(25,26)27-17-16-22(2,3)4/h20,23H,5-19H2,1-4H3/t20-/m0/s1. The molecular formula is C21H44NO7P. The number of esters is 1. The van der Waals surface area contributed by atoms with Crippen LogP contribution in [0.15, 0.2) is 0 Å². The lowest BCUT2D eigenvalue weighted by atomic mass is 10.1. The fourth-order valence-electron chi connectivity index (χ4n) is 2.76. The number of carbonyl (C=O) groups is 1. The van der Waals surface area contributed by atoms with Gasteiger partial charge in [-0.25, -0.2) is 0 Å². The lowest BCUT2D eigenvalue weighted by molar-refractivity contribution is -0.870. The van der Waals surface area contributed by atoms with Gasteiger partial charge in [0.1, 0.15) is 19.3 Å². The van der Waals surface area contributed by atoms with Crippen LogP contribution < -0.4 is 4.89 Å². The summed E-state index contributed by atoms with van der Waals surface area (Å²) in [5.41, 5.74) is 0.